The molecule has 0 spiro atoms. The molecule has 26 heavy (non-hydrogen) atoms. The fourth-order valence-electron chi connectivity index (χ4n) is 1.98. The summed E-state index contributed by atoms with van der Waals surface area (Å²) in [4.78, 5) is 35.2. The van der Waals surface area contributed by atoms with Crippen LogP contribution in [0.3, 0.4) is 0 Å². The Labute approximate surface area is 153 Å². The van der Waals surface area contributed by atoms with Crippen LogP contribution in [-0.2, 0) is 4.79 Å². The SMILES string of the molecule is CNC(=O)[C@@H](C)c1ccccc1.Cc1cc(=O)c1=O.Cc1ccncc1. The lowest BCUT2D eigenvalue weighted by Gasteiger charge is -2.08. The van der Waals surface area contributed by atoms with Crippen LogP contribution in [0.25, 0.3) is 0 Å². The summed E-state index contributed by atoms with van der Waals surface area (Å²) in [5.41, 5.74) is 2.19. The molecule has 0 fully saturated rings. The number of likely N-dealkylation sites (N-methyl/N-ethyl adjacent to an activating group) is 1. The fourth-order valence-corrected chi connectivity index (χ4v) is 1.98. The van der Waals surface area contributed by atoms with E-state index >= 15 is 0 Å². The maximum absolute atomic E-state index is 11.2. The van der Waals surface area contributed by atoms with Crippen molar-refractivity contribution in [3.63, 3.8) is 0 Å². The van der Waals surface area contributed by atoms with Crippen molar-refractivity contribution in [3.8, 4) is 0 Å². The largest absolute Gasteiger partial charge is 0.359 e. The summed E-state index contributed by atoms with van der Waals surface area (Å²) in [6.07, 6.45) is 3.57. The zero-order valence-electron chi connectivity index (χ0n) is 15.5. The highest BCUT2D eigenvalue weighted by Gasteiger charge is 2.11. The van der Waals surface area contributed by atoms with Crippen LogP contribution in [-0.4, -0.2) is 17.9 Å². The number of hydrogen-bond acceptors (Lipinski definition) is 4. The van der Waals surface area contributed by atoms with E-state index in [9.17, 15) is 14.4 Å². The molecule has 2 aromatic carbocycles. The molecule has 0 radical (unpaired) electrons. The normalized spacial score (nSPS) is 10.6. The number of nitrogens with one attached hydrogen (secondary N) is 1. The van der Waals surface area contributed by atoms with Gasteiger partial charge in [0.05, 0.1) is 5.92 Å². The van der Waals surface area contributed by atoms with Crippen molar-refractivity contribution in [1.82, 2.24) is 10.3 Å². The van der Waals surface area contributed by atoms with Gasteiger partial charge in [-0.1, -0.05) is 30.3 Å². The highest BCUT2D eigenvalue weighted by atomic mass is 16.2. The Hall–Kier alpha value is -3.08. The number of hydrogen-bond donors (Lipinski definition) is 1. The Morgan fingerprint density at radius 3 is 1.88 bits per heavy atom. The first kappa shape index (κ1) is 21.0. The van der Waals surface area contributed by atoms with Crippen molar-refractivity contribution in [2.75, 3.05) is 7.05 Å². The quantitative estimate of drug-likeness (QED) is 0.719. The smallest absolute Gasteiger partial charge is 0.228 e. The third-order valence-electron chi connectivity index (χ3n) is 3.72. The number of pyridine rings is 1. The molecule has 0 bridgehead atoms. The summed E-state index contributed by atoms with van der Waals surface area (Å²) < 4.78 is 0. The fraction of sp³-hybridized carbons (Fsp3) is 0.238. The van der Waals surface area contributed by atoms with Crippen molar-refractivity contribution in [2.45, 2.75) is 26.7 Å². The molecule has 0 aliphatic carbocycles. The Balaban J connectivity index is 0.000000207. The predicted octanol–water partition coefficient (Wildman–Crippen LogP) is 2.52. The molecule has 5 heteroatoms. The molecule has 0 unspecified atom stereocenters. The number of nitrogens with zero attached hydrogens (tertiary/aromatic N) is 1. The second-order valence-electron chi connectivity index (χ2n) is 5.79. The molecular weight excluding hydrogens is 328 g/mol. The number of aryl methyl sites for hydroxylation is 2. The lowest BCUT2D eigenvalue weighted by Crippen LogP contribution is -2.31. The molecule has 1 atom stereocenters. The molecule has 1 aromatic heterocycles. The molecular formula is C21H24N2O3. The van der Waals surface area contributed by atoms with E-state index in [-0.39, 0.29) is 22.7 Å². The van der Waals surface area contributed by atoms with Gasteiger partial charge in [0.1, 0.15) is 0 Å². The Morgan fingerprint density at radius 2 is 1.58 bits per heavy atom. The van der Waals surface area contributed by atoms with Gasteiger partial charge in [-0.05, 0) is 50.1 Å². The van der Waals surface area contributed by atoms with Crippen LogP contribution < -0.4 is 16.2 Å². The van der Waals surface area contributed by atoms with E-state index in [0.717, 1.165) is 5.56 Å². The molecule has 0 saturated carbocycles. The average Bonchev–Trinajstić information content (AvgIpc) is 2.69. The van der Waals surface area contributed by atoms with Gasteiger partial charge in [0.2, 0.25) is 16.8 Å². The Bertz CT molecular complexity index is 867. The van der Waals surface area contributed by atoms with Crippen LogP contribution in [0.1, 0.15) is 29.5 Å². The average molecular weight is 352 g/mol. The van der Waals surface area contributed by atoms with Gasteiger partial charge >= 0.3 is 0 Å². The van der Waals surface area contributed by atoms with Crippen molar-refractivity contribution < 1.29 is 4.79 Å². The van der Waals surface area contributed by atoms with Crippen molar-refractivity contribution in [1.29, 1.82) is 0 Å². The van der Waals surface area contributed by atoms with Gasteiger partial charge in [0.15, 0.2) is 0 Å². The van der Waals surface area contributed by atoms with E-state index < -0.39 is 0 Å². The zero-order chi connectivity index (χ0) is 19.5. The summed E-state index contributed by atoms with van der Waals surface area (Å²) in [5, 5.41) is 2.62. The predicted molar refractivity (Wildman–Crippen MR) is 104 cm³/mol. The van der Waals surface area contributed by atoms with Crippen LogP contribution >= 0.6 is 0 Å². The third-order valence-corrected chi connectivity index (χ3v) is 3.72. The van der Waals surface area contributed by atoms with Crippen molar-refractivity contribution in [3.05, 3.63) is 98.1 Å². The lowest BCUT2D eigenvalue weighted by molar-refractivity contribution is -0.121. The number of benzene rings is 1. The molecule has 136 valence electrons. The van der Waals surface area contributed by atoms with Gasteiger partial charge in [-0.25, -0.2) is 0 Å². The van der Waals surface area contributed by atoms with Crippen molar-refractivity contribution in [2.24, 2.45) is 0 Å². The van der Waals surface area contributed by atoms with E-state index in [1.54, 1.807) is 26.4 Å². The molecule has 0 saturated heterocycles. The van der Waals surface area contributed by atoms with E-state index in [1.807, 2.05) is 56.3 Å². The molecule has 1 heterocycles. The Kier molecular flexibility index (Phi) is 8.64. The summed E-state index contributed by atoms with van der Waals surface area (Å²) in [7, 11) is 1.65. The second-order valence-corrected chi connectivity index (χ2v) is 5.79. The first-order valence-electron chi connectivity index (χ1n) is 8.27. The molecule has 0 aliphatic rings. The number of carbonyl (C=O) groups is 1. The summed E-state index contributed by atoms with van der Waals surface area (Å²) >= 11 is 0. The highest BCUT2D eigenvalue weighted by molar-refractivity contribution is 5.82. The van der Waals surface area contributed by atoms with E-state index in [0.29, 0.717) is 5.56 Å². The molecule has 0 aliphatic heterocycles. The van der Waals surface area contributed by atoms with Gasteiger partial charge in [-0.2, -0.15) is 0 Å². The third kappa shape index (κ3) is 6.81. The van der Waals surface area contributed by atoms with Gasteiger partial charge < -0.3 is 5.32 Å². The van der Waals surface area contributed by atoms with E-state index in [1.165, 1.54) is 11.6 Å². The first-order valence-corrected chi connectivity index (χ1v) is 8.27. The van der Waals surface area contributed by atoms with Crippen LogP contribution in [0.4, 0.5) is 0 Å². The second kappa shape index (κ2) is 10.7. The number of carbonyl (C=O) groups excluding carboxylic acids is 1. The summed E-state index contributed by atoms with van der Waals surface area (Å²) in [6.45, 7) is 5.57. The maximum atomic E-state index is 11.2. The van der Waals surface area contributed by atoms with E-state index in [2.05, 4.69) is 10.3 Å². The number of rotatable bonds is 2. The van der Waals surface area contributed by atoms with Crippen LogP contribution in [0, 0.1) is 13.8 Å². The van der Waals surface area contributed by atoms with Gasteiger partial charge in [0, 0.05) is 25.0 Å². The van der Waals surface area contributed by atoms with Gasteiger partial charge in [-0.3, -0.25) is 19.4 Å². The zero-order valence-corrected chi connectivity index (χ0v) is 15.5. The Morgan fingerprint density at radius 1 is 1.00 bits per heavy atom. The minimum absolute atomic E-state index is 0.0567. The van der Waals surface area contributed by atoms with Crippen LogP contribution in [0.15, 0.2) is 70.5 Å². The van der Waals surface area contributed by atoms with Gasteiger partial charge in [0.25, 0.3) is 0 Å². The lowest BCUT2D eigenvalue weighted by atomic mass is 10.0. The van der Waals surface area contributed by atoms with Crippen LogP contribution in [0.5, 0.6) is 0 Å². The molecule has 5 nitrogen and oxygen atoms in total. The molecule has 3 aromatic rings. The van der Waals surface area contributed by atoms with Crippen LogP contribution in [0.2, 0.25) is 0 Å². The van der Waals surface area contributed by atoms with E-state index in [4.69, 9.17) is 0 Å². The number of amides is 1. The molecule has 3 rings (SSSR count). The van der Waals surface area contributed by atoms with Crippen molar-refractivity contribution >= 4 is 5.91 Å². The van der Waals surface area contributed by atoms with Gasteiger partial charge in [-0.15, -0.1) is 0 Å². The summed E-state index contributed by atoms with van der Waals surface area (Å²) in [5.74, 6) is -0.00241. The minimum Gasteiger partial charge on any atom is -0.359 e. The standard InChI is InChI=1S/C10H13NO.C6H7N.C5H4O2/c1-8(10(12)11-2)9-6-4-3-5-7-9;1-6-2-4-7-5-3-6;1-3-2-4(6)5(3)7/h3-8H,1-2H3,(H,11,12);2-5H,1H3;2H,1H3/t8-;;/m0../s1. The first-order chi connectivity index (χ1) is 12.4. The summed E-state index contributed by atoms with van der Waals surface area (Å²) in [6, 6.07) is 15.0. The minimum atomic E-state index is -0.363. The highest BCUT2D eigenvalue weighted by Crippen LogP contribution is 2.13. The topological polar surface area (TPSA) is 76.1 Å². The molecule has 1 amide bonds. The molecule has 1 N–H and O–H groups in total. The number of aromatic nitrogens is 1. The maximum Gasteiger partial charge on any atom is 0.228 e. The monoisotopic (exact) mass is 352 g/mol.